The van der Waals surface area contributed by atoms with Gasteiger partial charge in [-0.2, -0.15) is 0 Å². The zero-order valence-electron chi connectivity index (χ0n) is 10.4. The van der Waals surface area contributed by atoms with Gasteiger partial charge in [-0.15, -0.1) is 11.3 Å². The molecule has 4 heteroatoms. The number of hydrogen-bond acceptors (Lipinski definition) is 3. The highest BCUT2D eigenvalue weighted by Gasteiger charge is 2.02. The molecule has 0 amide bonds. The second kappa shape index (κ2) is 7.05. The van der Waals surface area contributed by atoms with Gasteiger partial charge in [-0.05, 0) is 29.1 Å². The fourth-order valence-electron chi connectivity index (χ4n) is 1.57. The number of benzene rings is 1. The Kier molecular flexibility index (Phi) is 5.10. The van der Waals surface area contributed by atoms with Gasteiger partial charge in [0.25, 0.3) is 0 Å². The van der Waals surface area contributed by atoms with Gasteiger partial charge >= 0.3 is 0 Å². The minimum Gasteiger partial charge on any atom is -0.371 e. The number of hydrogen-bond donors (Lipinski definition) is 1. The van der Waals surface area contributed by atoms with Crippen LogP contribution in [0, 0.1) is 17.7 Å². The lowest BCUT2D eigenvalue weighted by Gasteiger charge is -2.04. The molecule has 0 aliphatic heterocycles. The van der Waals surface area contributed by atoms with E-state index in [1.54, 1.807) is 23.5 Å². The molecule has 0 fully saturated rings. The molecular formula is C15H14FNOS. The van der Waals surface area contributed by atoms with Gasteiger partial charge in [0.2, 0.25) is 0 Å². The first-order valence-corrected chi connectivity index (χ1v) is 6.75. The van der Waals surface area contributed by atoms with Crippen molar-refractivity contribution in [2.24, 2.45) is 5.73 Å². The zero-order chi connectivity index (χ0) is 13.5. The van der Waals surface area contributed by atoms with Gasteiger partial charge in [0.05, 0.1) is 25.3 Å². The van der Waals surface area contributed by atoms with Crippen molar-refractivity contribution in [1.82, 2.24) is 0 Å². The lowest BCUT2D eigenvalue weighted by molar-refractivity contribution is 0.109. The molecule has 0 aliphatic rings. The Labute approximate surface area is 116 Å². The summed E-state index contributed by atoms with van der Waals surface area (Å²) < 4.78 is 19.0. The predicted octanol–water partition coefficient (Wildman–Crippen LogP) is 2.91. The van der Waals surface area contributed by atoms with Crippen LogP contribution in [-0.4, -0.2) is 6.54 Å². The van der Waals surface area contributed by atoms with Crippen LogP contribution < -0.4 is 5.73 Å². The summed E-state index contributed by atoms with van der Waals surface area (Å²) in [7, 11) is 0. The van der Waals surface area contributed by atoms with Crippen LogP contribution >= 0.6 is 11.3 Å². The van der Waals surface area contributed by atoms with Crippen molar-refractivity contribution in [3.63, 3.8) is 0 Å². The topological polar surface area (TPSA) is 35.2 Å². The average molecular weight is 275 g/mol. The summed E-state index contributed by atoms with van der Waals surface area (Å²) >= 11 is 1.65. The summed E-state index contributed by atoms with van der Waals surface area (Å²) in [5.41, 5.74) is 6.54. The fourth-order valence-corrected chi connectivity index (χ4v) is 2.21. The van der Waals surface area contributed by atoms with Crippen LogP contribution in [0.5, 0.6) is 0 Å². The van der Waals surface area contributed by atoms with Gasteiger partial charge in [0.15, 0.2) is 0 Å². The van der Waals surface area contributed by atoms with Gasteiger partial charge in [-0.25, -0.2) is 4.39 Å². The fraction of sp³-hybridized carbons (Fsp3) is 0.200. The first-order chi connectivity index (χ1) is 9.29. The van der Waals surface area contributed by atoms with Crippen LogP contribution in [0.2, 0.25) is 0 Å². The number of halogens is 1. The van der Waals surface area contributed by atoms with Crippen molar-refractivity contribution in [3.05, 3.63) is 57.5 Å². The second-order valence-corrected chi connectivity index (χ2v) is 4.92. The maximum atomic E-state index is 13.5. The minimum absolute atomic E-state index is 0.221. The van der Waals surface area contributed by atoms with Gasteiger partial charge in [0, 0.05) is 4.88 Å². The Hall–Kier alpha value is -1.67. The van der Waals surface area contributed by atoms with Crippen molar-refractivity contribution in [3.8, 4) is 11.8 Å². The Morgan fingerprint density at radius 2 is 2.16 bits per heavy atom. The summed E-state index contributed by atoms with van der Waals surface area (Å²) in [6.07, 6.45) is 0. The molecule has 0 aliphatic carbocycles. The van der Waals surface area contributed by atoms with E-state index in [0.717, 1.165) is 5.56 Å². The Morgan fingerprint density at radius 3 is 2.89 bits per heavy atom. The van der Waals surface area contributed by atoms with E-state index in [4.69, 9.17) is 10.5 Å². The van der Waals surface area contributed by atoms with Gasteiger partial charge in [0.1, 0.15) is 5.82 Å². The monoisotopic (exact) mass is 275 g/mol. The molecule has 1 aromatic carbocycles. The highest BCUT2D eigenvalue weighted by atomic mass is 32.1. The predicted molar refractivity (Wildman–Crippen MR) is 75.1 cm³/mol. The van der Waals surface area contributed by atoms with E-state index in [1.807, 2.05) is 17.5 Å². The van der Waals surface area contributed by atoms with Crippen LogP contribution in [0.1, 0.15) is 16.0 Å². The number of rotatable bonds is 4. The Morgan fingerprint density at radius 1 is 1.26 bits per heavy atom. The third kappa shape index (κ3) is 4.18. The first kappa shape index (κ1) is 13.8. The third-order valence-electron chi connectivity index (χ3n) is 2.45. The number of thiophene rings is 1. The highest BCUT2D eigenvalue weighted by molar-refractivity contribution is 7.09. The van der Waals surface area contributed by atoms with E-state index in [-0.39, 0.29) is 12.4 Å². The molecule has 0 spiro atoms. The third-order valence-corrected chi connectivity index (χ3v) is 3.30. The molecule has 0 unspecified atom stereocenters. The van der Waals surface area contributed by atoms with Crippen molar-refractivity contribution < 1.29 is 9.13 Å². The van der Waals surface area contributed by atoms with Crippen LogP contribution in [0.15, 0.2) is 35.7 Å². The molecule has 98 valence electrons. The van der Waals surface area contributed by atoms with Crippen LogP contribution in [0.25, 0.3) is 0 Å². The molecule has 2 nitrogen and oxygen atoms in total. The Bertz CT molecular complexity index is 584. The summed E-state index contributed by atoms with van der Waals surface area (Å²) in [5.74, 6) is 5.03. The normalized spacial score (nSPS) is 10.0. The van der Waals surface area contributed by atoms with Crippen LogP contribution in [0.3, 0.4) is 0 Å². The number of nitrogens with two attached hydrogens (primary N) is 1. The quantitative estimate of drug-likeness (QED) is 0.871. The first-order valence-electron chi connectivity index (χ1n) is 5.87. The van der Waals surface area contributed by atoms with Crippen LogP contribution in [0.4, 0.5) is 4.39 Å². The summed E-state index contributed by atoms with van der Waals surface area (Å²) in [5, 5.41) is 2.01. The summed E-state index contributed by atoms with van der Waals surface area (Å²) in [6, 6.07) is 8.82. The van der Waals surface area contributed by atoms with Gasteiger partial charge in [-0.1, -0.05) is 24.0 Å². The van der Waals surface area contributed by atoms with E-state index >= 15 is 0 Å². The second-order valence-electron chi connectivity index (χ2n) is 3.89. The molecule has 1 aromatic heterocycles. The van der Waals surface area contributed by atoms with Gasteiger partial charge < -0.3 is 10.5 Å². The standard InChI is InChI=1S/C15H14FNOS/c16-15-6-5-12(9-13(15)3-1-7-17)10-18-11-14-4-2-8-19-14/h2,4-6,8-9H,7,10-11,17H2. The molecule has 2 N–H and O–H groups in total. The summed E-state index contributed by atoms with van der Waals surface area (Å²) in [6.45, 7) is 1.23. The minimum atomic E-state index is -0.331. The highest BCUT2D eigenvalue weighted by Crippen LogP contribution is 2.13. The zero-order valence-corrected chi connectivity index (χ0v) is 11.2. The van der Waals surface area contributed by atoms with E-state index in [1.165, 1.54) is 10.9 Å². The maximum Gasteiger partial charge on any atom is 0.138 e. The molecule has 0 saturated carbocycles. The average Bonchev–Trinajstić information content (AvgIpc) is 2.92. The van der Waals surface area contributed by atoms with E-state index in [2.05, 4.69) is 11.8 Å². The molecule has 0 atom stereocenters. The molecular weight excluding hydrogens is 261 g/mol. The Balaban J connectivity index is 1.96. The van der Waals surface area contributed by atoms with E-state index in [0.29, 0.717) is 18.8 Å². The van der Waals surface area contributed by atoms with E-state index in [9.17, 15) is 4.39 Å². The summed E-state index contributed by atoms with van der Waals surface area (Å²) in [4.78, 5) is 1.17. The van der Waals surface area contributed by atoms with Crippen molar-refractivity contribution in [1.29, 1.82) is 0 Å². The lowest BCUT2D eigenvalue weighted by atomic mass is 10.1. The van der Waals surface area contributed by atoms with Crippen molar-refractivity contribution >= 4 is 11.3 Å². The SMILES string of the molecule is NCC#Cc1cc(COCc2cccs2)ccc1F. The smallest absolute Gasteiger partial charge is 0.138 e. The van der Waals surface area contributed by atoms with Crippen LogP contribution in [-0.2, 0) is 18.0 Å². The maximum absolute atomic E-state index is 13.5. The van der Waals surface area contributed by atoms with Crippen molar-refractivity contribution in [2.45, 2.75) is 13.2 Å². The number of ether oxygens (including phenoxy) is 1. The molecule has 0 radical (unpaired) electrons. The molecule has 2 rings (SSSR count). The van der Waals surface area contributed by atoms with Gasteiger partial charge in [-0.3, -0.25) is 0 Å². The molecule has 2 aromatic rings. The molecule has 0 bridgehead atoms. The van der Waals surface area contributed by atoms with E-state index < -0.39 is 0 Å². The lowest BCUT2D eigenvalue weighted by Crippen LogP contribution is -1.96. The van der Waals surface area contributed by atoms with Crippen molar-refractivity contribution in [2.75, 3.05) is 6.54 Å². The molecule has 1 heterocycles. The largest absolute Gasteiger partial charge is 0.371 e. The molecule has 0 saturated heterocycles. The molecule has 19 heavy (non-hydrogen) atoms.